The summed E-state index contributed by atoms with van der Waals surface area (Å²) in [5.74, 6) is -0.684. The predicted octanol–water partition coefficient (Wildman–Crippen LogP) is -0.428. The molecule has 66 valence electrons. The standard InChI is InChI=1S/C8H7BFNO2/c10-8-2-1-6(3-4-11)5-7(8)9(12)13/h1-2,5,12-13H,3H2. The topological polar surface area (TPSA) is 64.2 Å². The van der Waals surface area contributed by atoms with Crippen molar-refractivity contribution in [2.45, 2.75) is 6.42 Å². The lowest BCUT2D eigenvalue weighted by molar-refractivity contribution is 0.423. The van der Waals surface area contributed by atoms with Crippen molar-refractivity contribution >= 4 is 12.6 Å². The number of rotatable bonds is 2. The first kappa shape index (κ1) is 9.71. The summed E-state index contributed by atoms with van der Waals surface area (Å²) in [5.41, 5.74) is 0.361. The highest BCUT2D eigenvalue weighted by Gasteiger charge is 2.16. The number of nitriles is 1. The van der Waals surface area contributed by atoms with Crippen molar-refractivity contribution in [3.05, 3.63) is 29.6 Å². The Balaban J connectivity index is 3.05. The molecule has 5 heteroatoms. The first-order valence-electron chi connectivity index (χ1n) is 3.66. The molecule has 0 saturated carbocycles. The van der Waals surface area contributed by atoms with Gasteiger partial charge in [0, 0.05) is 5.46 Å². The molecule has 0 aromatic heterocycles. The molecule has 1 aromatic carbocycles. The van der Waals surface area contributed by atoms with Crippen molar-refractivity contribution in [3.8, 4) is 6.07 Å². The van der Waals surface area contributed by atoms with Gasteiger partial charge in [-0.2, -0.15) is 5.26 Å². The molecule has 0 amide bonds. The lowest BCUT2D eigenvalue weighted by Gasteiger charge is -2.02. The van der Waals surface area contributed by atoms with Gasteiger partial charge in [0.15, 0.2) is 0 Å². The fraction of sp³-hybridized carbons (Fsp3) is 0.125. The average molecular weight is 179 g/mol. The highest BCUT2D eigenvalue weighted by molar-refractivity contribution is 6.58. The smallest absolute Gasteiger partial charge is 0.423 e. The van der Waals surface area contributed by atoms with Crippen LogP contribution in [0.15, 0.2) is 18.2 Å². The van der Waals surface area contributed by atoms with Gasteiger partial charge in [0.1, 0.15) is 5.82 Å². The summed E-state index contributed by atoms with van der Waals surface area (Å²) in [6.07, 6.45) is 0.125. The molecule has 0 bridgehead atoms. The minimum atomic E-state index is -1.83. The Kier molecular flexibility index (Phi) is 3.01. The fourth-order valence-corrected chi connectivity index (χ4v) is 0.992. The van der Waals surface area contributed by atoms with Crippen LogP contribution in [0.25, 0.3) is 0 Å². The van der Waals surface area contributed by atoms with Gasteiger partial charge in [0.25, 0.3) is 0 Å². The molecule has 0 radical (unpaired) electrons. The zero-order valence-corrected chi connectivity index (χ0v) is 6.74. The van der Waals surface area contributed by atoms with E-state index in [1.807, 2.05) is 6.07 Å². The predicted molar refractivity (Wildman–Crippen MR) is 45.5 cm³/mol. The quantitative estimate of drug-likeness (QED) is 0.605. The Morgan fingerprint density at radius 2 is 2.15 bits per heavy atom. The van der Waals surface area contributed by atoms with Crippen molar-refractivity contribution < 1.29 is 14.4 Å². The molecule has 1 rings (SSSR count). The zero-order chi connectivity index (χ0) is 9.84. The van der Waals surface area contributed by atoms with Crippen LogP contribution in [0, 0.1) is 17.1 Å². The van der Waals surface area contributed by atoms with Crippen molar-refractivity contribution in [1.29, 1.82) is 5.26 Å². The SMILES string of the molecule is N#CCc1ccc(F)c(B(O)O)c1. The van der Waals surface area contributed by atoms with Gasteiger partial charge in [-0.25, -0.2) is 4.39 Å². The number of hydrogen-bond acceptors (Lipinski definition) is 3. The zero-order valence-electron chi connectivity index (χ0n) is 6.74. The molecule has 0 saturated heterocycles. The van der Waals surface area contributed by atoms with Crippen LogP contribution in [0.4, 0.5) is 4.39 Å². The lowest BCUT2D eigenvalue weighted by atomic mass is 9.79. The summed E-state index contributed by atoms with van der Waals surface area (Å²) in [5, 5.41) is 25.8. The van der Waals surface area contributed by atoms with Gasteiger partial charge in [-0.05, 0) is 11.6 Å². The van der Waals surface area contributed by atoms with Crippen LogP contribution in [0.5, 0.6) is 0 Å². The third kappa shape index (κ3) is 2.28. The summed E-state index contributed by atoms with van der Waals surface area (Å²) in [6, 6.07) is 5.70. The highest BCUT2D eigenvalue weighted by Crippen LogP contribution is 2.01. The summed E-state index contributed by atoms with van der Waals surface area (Å²) < 4.78 is 12.9. The van der Waals surface area contributed by atoms with Gasteiger partial charge >= 0.3 is 7.12 Å². The normalized spacial score (nSPS) is 9.38. The first-order chi connectivity index (χ1) is 6.15. The summed E-state index contributed by atoms with van der Waals surface area (Å²) in [7, 11) is -1.83. The minimum absolute atomic E-state index is 0.125. The van der Waals surface area contributed by atoms with Crippen LogP contribution in [0.2, 0.25) is 0 Å². The van der Waals surface area contributed by atoms with E-state index in [1.54, 1.807) is 0 Å². The molecule has 0 aliphatic heterocycles. The second-order valence-electron chi connectivity index (χ2n) is 2.56. The molecule has 0 spiro atoms. The minimum Gasteiger partial charge on any atom is -0.423 e. The van der Waals surface area contributed by atoms with E-state index < -0.39 is 12.9 Å². The van der Waals surface area contributed by atoms with E-state index in [1.165, 1.54) is 12.1 Å². The number of hydrogen-bond donors (Lipinski definition) is 2. The first-order valence-corrected chi connectivity index (χ1v) is 3.66. The molecule has 0 atom stereocenters. The highest BCUT2D eigenvalue weighted by atomic mass is 19.1. The van der Waals surface area contributed by atoms with Crippen molar-refractivity contribution in [2.75, 3.05) is 0 Å². The Bertz CT molecular complexity index is 348. The molecule has 1 aromatic rings. The monoisotopic (exact) mass is 179 g/mol. The second kappa shape index (κ2) is 4.03. The number of benzene rings is 1. The lowest BCUT2D eigenvalue weighted by Crippen LogP contribution is -2.33. The third-order valence-corrected chi connectivity index (χ3v) is 1.62. The Labute approximate surface area is 75.2 Å². The van der Waals surface area contributed by atoms with E-state index in [-0.39, 0.29) is 11.9 Å². The van der Waals surface area contributed by atoms with E-state index in [2.05, 4.69) is 0 Å². The third-order valence-electron chi connectivity index (χ3n) is 1.62. The van der Waals surface area contributed by atoms with E-state index in [0.29, 0.717) is 5.56 Å². The molecule has 0 unspecified atom stereocenters. The van der Waals surface area contributed by atoms with Crippen LogP contribution in [0.3, 0.4) is 0 Å². The van der Waals surface area contributed by atoms with E-state index in [4.69, 9.17) is 15.3 Å². The van der Waals surface area contributed by atoms with Crippen LogP contribution in [-0.2, 0) is 6.42 Å². The fourth-order valence-electron chi connectivity index (χ4n) is 0.992. The maximum Gasteiger partial charge on any atom is 0.491 e. The summed E-state index contributed by atoms with van der Waals surface area (Å²) >= 11 is 0. The van der Waals surface area contributed by atoms with E-state index in [0.717, 1.165) is 6.07 Å². The van der Waals surface area contributed by atoms with Gasteiger partial charge in [-0.15, -0.1) is 0 Å². The molecular weight excluding hydrogens is 172 g/mol. The molecule has 2 N–H and O–H groups in total. The molecule has 0 aliphatic rings. The second-order valence-corrected chi connectivity index (χ2v) is 2.56. The van der Waals surface area contributed by atoms with Gasteiger partial charge in [0.2, 0.25) is 0 Å². The maximum absolute atomic E-state index is 12.9. The molecule has 13 heavy (non-hydrogen) atoms. The largest absolute Gasteiger partial charge is 0.491 e. The van der Waals surface area contributed by atoms with Gasteiger partial charge in [0.05, 0.1) is 12.5 Å². The van der Waals surface area contributed by atoms with Gasteiger partial charge < -0.3 is 10.0 Å². The average Bonchev–Trinajstić information content (AvgIpc) is 2.08. The maximum atomic E-state index is 12.9. The molecular formula is C8H7BFNO2. The molecule has 0 aliphatic carbocycles. The van der Waals surface area contributed by atoms with Crippen molar-refractivity contribution in [3.63, 3.8) is 0 Å². The van der Waals surface area contributed by atoms with E-state index in [9.17, 15) is 4.39 Å². The van der Waals surface area contributed by atoms with Gasteiger partial charge in [-0.1, -0.05) is 12.1 Å². The Morgan fingerprint density at radius 3 is 2.69 bits per heavy atom. The summed E-state index contributed by atoms with van der Waals surface area (Å²) in [6.45, 7) is 0. The Hall–Kier alpha value is -1.38. The van der Waals surface area contributed by atoms with Crippen molar-refractivity contribution in [2.24, 2.45) is 0 Å². The van der Waals surface area contributed by atoms with Crippen LogP contribution in [0.1, 0.15) is 5.56 Å². The van der Waals surface area contributed by atoms with Crippen LogP contribution in [-0.4, -0.2) is 17.2 Å². The van der Waals surface area contributed by atoms with Crippen molar-refractivity contribution in [1.82, 2.24) is 0 Å². The molecule has 3 nitrogen and oxygen atoms in total. The number of nitrogens with zero attached hydrogens (tertiary/aromatic N) is 1. The Morgan fingerprint density at radius 1 is 1.46 bits per heavy atom. The number of halogens is 1. The molecule has 0 fully saturated rings. The van der Waals surface area contributed by atoms with Crippen LogP contribution >= 0.6 is 0 Å². The summed E-state index contributed by atoms with van der Waals surface area (Å²) in [4.78, 5) is 0. The van der Waals surface area contributed by atoms with Gasteiger partial charge in [-0.3, -0.25) is 0 Å². The van der Waals surface area contributed by atoms with Crippen LogP contribution < -0.4 is 5.46 Å². The molecule has 0 heterocycles. The van der Waals surface area contributed by atoms with E-state index >= 15 is 0 Å².